The quantitative estimate of drug-likeness (QED) is 0.944. The smallest absolute Gasteiger partial charge is 0.347 e. The normalized spacial score (nSPS) is 11.4. The number of carbonyl (C=O) groups is 1. The Balaban J connectivity index is 2.08. The Morgan fingerprint density at radius 3 is 2.50 bits per heavy atom. The van der Waals surface area contributed by atoms with Gasteiger partial charge in [-0.1, -0.05) is 30.3 Å². The topological polar surface area (TPSA) is 42.0 Å². The second kappa shape index (κ2) is 5.62. The molecule has 1 aromatic heterocycles. The third kappa shape index (κ3) is 3.36. The molecule has 0 atom stereocenters. The van der Waals surface area contributed by atoms with E-state index in [9.17, 15) is 18.0 Å². The molecule has 1 N–H and O–H groups in total. The number of rotatable bonds is 3. The van der Waals surface area contributed by atoms with Crippen molar-refractivity contribution in [3.05, 3.63) is 51.5 Å². The van der Waals surface area contributed by atoms with Crippen molar-refractivity contribution in [1.29, 1.82) is 0 Å². The molecule has 1 heterocycles. The average molecular weight is 300 g/mol. The van der Waals surface area contributed by atoms with Crippen molar-refractivity contribution in [1.82, 2.24) is 10.3 Å². The van der Waals surface area contributed by atoms with Crippen LogP contribution in [-0.2, 0) is 12.7 Å². The van der Waals surface area contributed by atoms with Crippen LogP contribution in [-0.4, -0.2) is 10.9 Å². The fraction of sp³-hybridized carbons (Fsp3) is 0.231. The van der Waals surface area contributed by atoms with Gasteiger partial charge in [0.05, 0.1) is 5.69 Å². The molecule has 0 saturated carbocycles. The second-order valence-corrected chi connectivity index (χ2v) is 5.10. The number of hydrogen-bond acceptors (Lipinski definition) is 3. The minimum Gasteiger partial charge on any atom is -0.347 e. The maximum atomic E-state index is 12.5. The highest BCUT2D eigenvalue weighted by atomic mass is 32.1. The number of aromatic nitrogens is 1. The summed E-state index contributed by atoms with van der Waals surface area (Å²) < 4.78 is 37.5. The van der Waals surface area contributed by atoms with Gasteiger partial charge in [0.25, 0.3) is 5.91 Å². The third-order valence-corrected chi connectivity index (χ3v) is 3.74. The molecule has 0 fully saturated rings. The summed E-state index contributed by atoms with van der Waals surface area (Å²) in [6.45, 7) is 1.65. The number of thiazole rings is 1. The molecule has 1 amide bonds. The van der Waals surface area contributed by atoms with Crippen molar-refractivity contribution >= 4 is 17.2 Å². The first-order chi connectivity index (χ1) is 9.38. The summed E-state index contributed by atoms with van der Waals surface area (Å²) in [5.74, 6) is -0.542. The van der Waals surface area contributed by atoms with E-state index in [2.05, 4.69) is 10.3 Å². The number of hydrogen-bond donors (Lipinski definition) is 1. The Hall–Kier alpha value is -1.89. The van der Waals surface area contributed by atoms with E-state index >= 15 is 0 Å². The van der Waals surface area contributed by atoms with Crippen molar-refractivity contribution in [3.63, 3.8) is 0 Å². The Morgan fingerprint density at radius 1 is 1.30 bits per heavy atom. The van der Waals surface area contributed by atoms with Crippen molar-refractivity contribution in [2.75, 3.05) is 0 Å². The van der Waals surface area contributed by atoms with Gasteiger partial charge in [0.1, 0.15) is 4.88 Å². The Labute approximate surface area is 117 Å². The molecule has 0 aliphatic rings. The van der Waals surface area contributed by atoms with Crippen LogP contribution in [0.2, 0.25) is 0 Å². The number of alkyl halides is 3. The first-order valence-electron chi connectivity index (χ1n) is 5.74. The molecule has 2 aromatic rings. The lowest BCUT2D eigenvalue weighted by Crippen LogP contribution is -2.22. The molecule has 2 rings (SSSR count). The maximum Gasteiger partial charge on any atom is 0.443 e. The molecule has 20 heavy (non-hydrogen) atoms. The molecule has 0 bridgehead atoms. The summed E-state index contributed by atoms with van der Waals surface area (Å²) in [6, 6.07) is 9.12. The predicted molar refractivity (Wildman–Crippen MR) is 69.5 cm³/mol. The number of nitrogens with one attached hydrogen (secondary N) is 1. The highest BCUT2D eigenvalue weighted by Gasteiger charge is 2.36. The SMILES string of the molecule is Cc1nc(C(F)(F)F)sc1C(=O)NCc1ccccc1. The van der Waals surface area contributed by atoms with E-state index < -0.39 is 17.1 Å². The maximum absolute atomic E-state index is 12.5. The van der Waals surface area contributed by atoms with Gasteiger partial charge in [-0.3, -0.25) is 4.79 Å². The molecule has 0 radical (unpaired) electrons. The van der Waals surface area contributed by atoms with Crippen LogP contribution in [0.15, 0.2) is 30.3 Å². The monoisotopic (exact) mass is 300 g/mol. The highest BCUT2D eigenvalue weighted by molar-refractivity contribution is 7.13. The van der Waals surface area contributed by atoms with Gasteiger partial charge >= 0.3 is 6.18 Å². The van der Waals surface area contributed by atoms with Gasteiger partial charge in [0.2, 0.25) is 0 Å². The van der Waals surface area contributed by atoms with Crippen LogP contribution in [0.25, 0.3) is 0 Å². The third-order valence-electron chi connectivity index (χ3n) is 2.54. The number of amides is 1. The summed E-state index contributed by atoms with van der Waals surface area (Å²) in [7, 11) is 0. The van der Waals surface area contributed by atoms with Gasteiger partial charge in [-0.05, 0) is 12.5 Å². The fourth-order valence-electron chi connectivity index (χ4n) is 1.59. The van der Waals surface area contributed by atoms with Gasteiger partial charge < -0.3 is 5.32 Å². The van der Waals surface area contributed by atoms with Gasteiger partial charge in [-0.25, -0.2) is 4.98 Å². The van der Waals surface area contributed by atoms with Gasteiger partial charge in [0, 0.05) is 6.54 Å². The zero-order chi connectivity index (χ0) is 14.8. The van der Waals surface area contributed by atoms with Crippen molar-refractivity contribution in [2.45, 2.75) is 19.6 Å². The molecule has 106 valence electrons. The van der Waals surface area contributed by atoms with Crippen LogP contribution in [0.1, 0.15) is 25.9 Å². The minimum absolute atomic E-state index is 0.00624. The van der Waals surface area contributed by atoms with Crippen LogP contribution >= 0.6 is 11.3 Å². The molecular formula is C13H11F3N2OS. The Bertz CT molecular complexity index is 608. The largest absolute Gasteiger partial charge is 0.443 e. The molecule has 7 heteroatoms. The molecule has 3 nitrogen and oxygen atoms in total. The predicted octanol–water partition coefficient (Wildman–Crippen LogP) is 3.40. The van der Waals surface area contributed by atoms with E-state index in [1.807, 2.05) is 30.3 Å². The Kier molecular flexibility index (Phi) is 4.08. The number of carbonyl (C=O) groups excluding carboxylic acids is 1. The summed E-state index contributed by atoms with van der Waals surface area (Å²) in [6.07, 6.45) is -4.52. The molecule has 0 aliphatic heterocycles. The lowest BCUT2D eigenvalue weighted by Gasteiger charge is -2.03. The minimum atomic E-state index is -4.52. The van der Waals surface area contributed by atoms with Gasteiger partial charge in [0.15, 0.2) is 5.01 Å². The van der Waals surface area contributed by atoms with Crippen LogP contribution in [0, 0.1) is 6.92 Å². The second-order valence-electron chi connectivity index (χ2n) is 4.10. The van der Waals surface area contributed by atoms with E-state index in [4.69, 9.17) is 0 Å². The zero-order valence-electron chi connectivity index (χ0n) is 10.5. The van der Waals surface area contributed by atoms with E-state index in [1.54, 1.807) is 0 Å². The number of halogens is 3. The fourth-order valence-corrected chi connectivity index (χ4v) is 2.44. The van der Waals surface area contributed by atoms with Gasteiger partial charge in [-0.2, -0.15) is 13.2 Å². The number of aryl methyl sites for hydroxylation is 1. The summed E-state index contributed by atoms with van der Waals surface area (Å²) >= 11 is 0.362. The average Bonchev–Trinajstić information content (AvgIpc) is 2.79. The van der Waals surface area contributed by atoms with Crippen molar-refractivity contribution in [2.24, 2.45) is 0 Å². The first-order valence-corrected chi connectivity index (χ1v) is 6.56. The molecule has 0 saturated heterocycles. The summed E-state index contributed by atoms with van der Waals surface area (Å²) in [5, 5.41) is 1.58. The molecule has 0 unspecified atom stereocenters. The molecule has 1 aromatic carbocycles. The summed E-state index contributed by atoms with van der Waals surface area (Å²) in [4.78, 5) is 15.3. The van der Waals surface area contributed by atoms with Crippen LogP contribution in [0.5, 0.6) is 0 Å². The number of nitrogens with zero attached hydrogens (tertiary/aromatic N) is 1. The Morgan fingerprint density at radius 2 is 1.95 bits per heavy atom. The molecule has 0 spiro atoms. The lowest BCUT2D eigenvalue weighted by molar-refractivity contribution is -0.137. The lowest BCUT2D eigenvalue weighted by atomic mass is 10.2. The molecular weight excluding hydrogens is 289 g/mol. The van der Waals surface area contributed by atoms with Gasteiger partial charge in [-0.15, -0.1) is 11.3 Å². The van der Waals surface area contributed by atoms with Crippen molar-refractivity contribution in [3.8, 4) is 0 Å². The zero-order valence-corrected chi connectivity index (χ0v) is 11.3. The number of benzene rings is 1. The van der Waals surface area contributed by atoms with E-state index in [-0.39, 0.29) is 17.1 Å². The first kappa shape index (κ1) is 14.5. The van der Waals surface area contributed by atoms with E-state index in [0.29, 0.717) is 11.3 Å². The highest BCUT2D eigenvalue weighted by Crippen LogP contribution is 2.33. The van der Waals surface area contributed by atoms with Crippen LogP contribution < -0.4 is 5.32 Å². The molecule has 0 aliphatic carbocycles. The van der Waals surface area contributed by atoms with Crippen molar-refractivity contribution < 1.29 is 18.0 Å². The van der Waals surface area contributed by atoms with Crippen LogP contribution in [0.4, 0.5) is 13.2 Å². The van der Waals surface area contributed by atoms with E-state index in [1.165, 1.54) is 6.92 Å². The van der Waals surface area contributed by atoms with Crippen LogP contribution in [0.3, 0.4) is 0 Å². The van der Waals surface area contributed by atoms with E-state index in [0.717, 1.165) is 5.56 Å². The standard InChI is InChI=1S/C13H11F3N2OS/c1-8-10(20-12(18-8)13(14,15)16)11(19)17-7-9-5-3-2-4-6-9/h2-6H,7H2,1H3,(H,17,19). The summed E-state index contributed by atoms with van der Waals surface area (Å²) in [5.41, 5.74) is 0.965.